The third-order valence-corrected chi connectivity index (χ3v) is 3.84. The molecule has 0 aliphatic carbocycles. The zero-order valence-electron chi connectivity index (χ0n) is 11.8. The van der Waals surface area contributed by atoms with Crippen molar-refractivity contribution in [3.05, 3.63) is 0 Å². The second-order valence-electron chi connectivity index (χ2n) is 5.95. The van der Waals surface area contributed by atoms with Gasteiger partial charge in [-0.25, -0.2) is 0 Å². The second kappa shape index (κ2) is 7.00. The Morgan fingerprint density at radius 1 is 1.29 bits per heavy atom. The van der Waals surface area contributed by atoms with Gasteiger partial charge in [0.05, 0.1) is 0 Å². The molecular formula is C14H28N2O. The predicted molar refractivity (Wildman–Crippen MR) is 71.8 cm³/mol. The van der Waals surface area contributed by atoms with E-state index in [4.69, 9.17) is 0 Å². The fourth-order valence-corrected chi connectivity index (χ4v) is 2.70. The Morgan fingerprint density at radius 2 is 1.94 bits per heavy atom. The zero-order chi connectivity index (χ0) is 12.8. The largest absolute Gasteiger partial charge is 0.356 e. The highest BCUT2D eigenvalue weighted by Gasteiger charge is 2.20. The van der Waals surface area contributed by atoms with Crippen LogP contribution in [0.4, 0.5) is 0 Å². The number of hydrogen-bond acceptors (Lipinski definition) is 2. The number of carbonyl (C=O) groups excluding carboxylic acids is 1. The lowest BCUT2D eigenvalue weighted by molar-refractivity contribution is -0.121. The van der Waals surface area contributed by atoms with Crippen LogP contribution in [0, 0.1) is 17.8 Å². The Labute approximate surface area is 106 Å². The van der Waals surface area contributed by atoms with E-state index in [9.17, 15) is 4.79 Å². The van der Waals surface area contributed by atoms with Crippen LogP contribution >= 0.6 is 0 Å². The Balaban J connectivity index is 2.25. The molecule has 0 saturated carbocycles. The third kappa shape index (κ3) is 5.07. The van der Waals surface area contributed by atoms with Crippen molar-refractivity contribution in [3.8, 4) is 0 Å². The third-order valence-electron chi connectivity index (χ3n) is 3.84. The molecule has 1 unspecified atom stereocenters. The molecule has 1 atom stereocenters. The van der Waals surface area contributed by atoms with Crippen molar-refractivity contribution in [2.24, 2.45) is 17.8 Å². The van der Waals surface area contributed by atoms with E-state index in [-0.39, 0.29) is 5.91 Å². The summed E-state index contributed by atoms with van der Waals surface area (Å²) in [7, 11) is 0. The minimum absolute atomic E-state index is 0.204. The van der Waals surface area contributed by atoms with Crippen LogP contribution in [0.25, 0.3) is 0 Å². The maximum Gasteiger partial charge on any atom is 0.221 e. The molecule has 3 heteroatoms. The maximum absolute atomic E-state index is 11.8. The second-order valence-corrected chi connectivity index (χ2v) is 5.95. The van der Waals surface area contributed by atoms with Crippen molar-refractivity contribution in [2.75, 3.05) is 13.1 Å². The van der Waals surface area contributed by atoms with Crippen molar-refractivity contribution >= 4 is 5.91 Å². The van der Waals surface area contributed by atoms with Crippen LogP contribution in [0.2, 0.25) is 0 Å². The first kappa shape index (κ1) is 14.5. The van der Waals surface area contributed by atoms with Crippen molar-refractivity contribution in [1.82, 2.24) is 10.6 Å². The Kier molecular flexibility index (Phi) is 5.96. The highest BCUT2D eigenvalue weighted by molar-refractivity contribution is 5.76. The molecule has 0 bridgehead atoms. The molecule has 0 spiro atoms. The molecule has 1 saturated heterocycles. The molecule has 0 aromatic carbocycles. The summed E-state index contributed by atoms with van der Waals surface area (Å²) >= 11 is 0. The van der Waals surface area contributed by atoms with Crippen LogP contribution < -0.4 is 10.6 Å². The van der Waals surface area contributed by atoms with Crippen LogP contribution in [0.3, 0.4) is 0 Å². The molecule has 1 aliphatic rings. The summed E-state index contributed by atoms with van der Waals surface area (Å²) in [6, 6.07) is 0.409. The van der Waals surface area contributed by atoms with Crippen molar-refractivity contribution in [1.29, 1.82) is 0 Å². The fraction of sp³-hybridized carbons (Fsp3) is 0.929. The van der Waals surface area contributed by atoms with Gasteiger partial charge in [0, 0.05) is 19.0 Å². The number of hydrogen-bond donors (Lipinski definition) is 2. The molecule has 1 heterocycles. The number of amides is 1. The van der Waals surface area contributed by atoms with E-state index in [1.165, 1.54) is 6.42 Å². The summed E-state index contributed by atoms with van der Waals surface area (Å²) in [5.41, 5.74) is 0. The number of nitrogens with one attached hydrogen (secondary N) is 2. The Morgan fingerprint density at radius 3 is 2.41 bits per heavy atom. The van der Waals surface area contributed by atoms with Gasteiger partial charge in [-0.2, -0.15) is 0 Å². The van der Waals surface area contributed by atoms with Crippen molar-refractivity contribution < 1.29 is 4.79 Å². The summed E-state index contributed by atoms with van der Waals surface area (Å²) in [4.78, 5) is 11.8. The fourth-order valence-electron chi connectivity index (χ4n) is 2.70. The lowest BCUT2D eigenvalue weighted by Gasteiger charge is -2.25. The predicted octanol–water partition coefficient (Wildman–Crippen LogP) is 2.17. The van der Waals surface area contributed by atoms with E-state index in [0.717, 1.165) is 19.5 Å². The lowest BCUT2D eigenvalue weighted by atomic mass is 9.85. The van der Waals surface area contributed by atoms with Crippen molar-refractivity contribution in [2.45, 2.75) is 53.0 Å². The smallest absolute Gasteiger partial charge is 0.221 e. The van der Waals surface area contributed by atoms with Gasteiger partial charge < -0.3 is 10.6 Å². The zero-order valence-corrected chi connectivity index (χ0v) is 11.8. The molecule has 1 aliphatic heterocycles. The molecule has 2 N–H and O–H groups in total. The summed E-state index contributed by atoms with van der Waals surface area (Å²) in [6.45, 7) is 10.8. The normalized spacial score (nSPS) is 20.5. The topological polar surface area (TPSA) is 41.1 Å². The van der Waals surface area contributed by atoms with Crippen LogP contribution in [-0.2, 0) is 4.79 Å². The van der Waals surface area contributed by atoms with Gasteiger partial charge >= 0.3 is 0 Å². The first-order chi connectivity index (χ1) is 8.00. The molecule has 1 amide bonds. The van der Waals surface area contributed by atoms with Crippen LogP contribution in [-0.4, -0.2) is 25.0 Å². The Bertz CT molecular complexity index is 224. The van der Waals surface area contributed by atoms with E-state index >= 15 is 0 Å². The van der Waals surface area contributed by atoms with E-state index in [2.05, 4.69) is 38.3 Å². The van der Waals surface area contributed by atoms with Crippen LogP contribution in [0.1, 0.15) is 47.0 Å². The SMILES string of the molecule is CC(C)C(CNC(=O)CC1CCCN1)C(C)C. The average molecular weight is 240 g/mol. The molecule has 17 heavy (non-hydrogen) atoms. The van der Waals surface area contributed by atoms with Crippen molar-refractivity contribution in [3.63, 3.8) is 0 Å². The molecule has 0 radical (unpaired) electrons. The summed E-state index contributed by atoms with van der Waals surface area (Å²) < 4.78 is 0. The van der Waals surface area contributed by atoms with Gasteiger partial charge in [-0.3, -0.25) is 4.79 Å². The minimum Gasteiger partial charge on any atom is -0.356 e. The molecule has 0 aromatic heterocycles. The highest BCUT2D eigenvalue weighted by Crippen LogP contribution is 2.19. The average Bonchev–Trinajstić information content (AvgIpc) is 2.69. The lowest BCUT2D eigenvalue weighted by Crippen LogP contribution is -2.37. The monoisotopic (exact) mass is 240 g/mol. The molecule has 0 aromatic rings. The molecule has 1 fully saturated rings. The number of rotatable bonds is 6. The summed E-state index contributed by atoms with van der Waals surface area (Å²) in [5, 5.41) is 6.45. The van der Waals surface area contributed by atoms with Gasteiger partial charge in [0.2, 0.25) is 5.91 Å². The first-order valence-corrected chi connectivity index (χ1v) is 7.00. The van der Waals surface area contributed by atoms with Gasteiger partial charge in [-0.05, 0) is 37.1 Å². The summed E-state index contributed by atoms with van der Waals surface area (Å²) in [6.07, 6.45) is 2.99. The van der Waals surface area contributed by atoms with Gasteiger partial charge in [0.1, 0.15) is 0 Å². The molecular weight excluding hydrogens is 212 g/mol. The Hall–Kier alpha value is -0.570. The standard InChI is InChI=1S/C14H28N2O/c1-10(2)13(11(3)4)9-16-14(17)8-12-6-5-7-15-12/h10-13,15H,5-9H2,1-4H3,(H,16,17). The summed E-state index contributed by atoms with van der Waals surface area (Å²) in [5.74, 6) is 2.03. The van der Waals surface area contributed by atoms with E-state index in [1.807, 2.05) is 0 Å². The van der Waals surface area contributed by atoms with Gasteiger partial charge in [0.25, 0.3) is 0 Å². The van der Waals surface area contributed by atoms with Crippen LogP contribution in [0.5, 0.6) is 0 Å². The maximum atomic E-state index is 11.8. The van der Waals surface area contributed by atoms with E-state index in [1.54, 1.807) is 0 Å². The van der Waals surface area contributed by atoms with E-state index < -0.39 is 0 Å². The number of carbonyl (C=O) groups is 1. The minimum atomic E-state index is 0.204. The van der Waals surface area contributed by atoms with Gasteiger partial charge in [-0.15, -0.1) is 0 Å². The molecule has 100 valence electrons. The van der Waals surface area contributed by atoms with Gasteiger partial charge in [-0.1, -0.05) is 27.7 Å². The quantitative estimate of drug-likeness (QED) is 0.747. The van der Waals surface area contributed by atoms with Crippen LogP contribution in [0.15, 0.2) is 0 Å². The molecule has 1 rings (SSSR count). The van der Waals surface area contributed by atoms with Gasteiger partial charge in [0.15, 0.2) is 0 Å². The first-order valence-electron chi connectivity index (χ1n) is 7.00. The highest BCUT2D eigenvalue weighted by atomic mass is 16.1. The van der Waals surface area contributed by atoms with E-state index in [0.29, 0.717) is 30.2 Å². The molecule has 3 nitrogen and oxygen atoms in total.